The topological polar surface area (TPSA) is 70.0 Å². The molecule has 5 aliphatic rings. The lowest BCUT2D eigenvalue weighted by atomic mass is 9.70. The van der Waals surface area contributed by atoms with Gasteiger partial charge in [-0.15, -0.1) is 0 Å². The molecule has 1 saturated heterocycles. The number of fused-ring (bicyclic) bond motifs is 38. The molecular formula is C117H79BN4O2. The van der Waals surface area contributed by atoms with E-state index in [1.807, 2.05) is 36.7 Å². The highest BCUT2D eigenvalue weighted by Crippen LogP contribution is 2.66. The maximum absolute atomic E-state index is 6.22. The minimum atomic E-state index is -0.386. The summed E-state index contributed by atoms with van der Waals surface area (Å²) < 4.78 is 12.4. The molecule has 27 rings (SSSR count). The number of hydrogen-bond acceptors (Lipinski definition) is 6. The van der Waals surface area contributed by atoms with Crippen molar-refractivity contribution >= 4 is 121 Å². The minimum absolute atomic E-state index is 0.310. The number of aryl methyl sites for hydroxylation is 1. The minimum Gasteiger partial charge on any atom is -0.399 e. The van der Waals surface area contributed by atoms with Crippen LogP contribution in [0.2, 0.25) is 0 Å². The summed E-state index contributed by atoms with van der Waals surface area (Å²) in [5, 5.41) is 20.0. The Kier molecular flexibility index (Phi) is 15.7. The van der Waals surface area contributed by atoms with E-state index >= 15 is 0 Å². The van der Waals surface area contributed by atoms with Crippen LogP contribution >= 0.6 is 0 Å². The molecule has 0 atom stereocenters. The Morgan fingerprint density at radius 1 is 0.226 bits per heavy atom. The predicted molar refractivity (Wildman–Crippen MR) is 515 cm³/mol. The van der Waals surface area contributed by atoms with Crippen molar-refractivity contribution in [2.45, 2.75) is 56.7 Å². The van der Waals surface area contributed by atoms with Crippen LogP contribution in [-0.4, -0.2) is 38.3 Å². The average Bonchev–Trinajstić information content (AvgIpc) is 1.51. The van der Waals surface area contributed by atoms with Gasteiger partial charge in [0.15, 0.2) is 0 Å². The van der Waals surface area contributed by atoms with E-state index in [4.69, 9.17) is 24.3 Å². The van der Waals surface area contributed by atoms with Gasteiger partial charge in [-0.1, -0.05) is 321 Å². The van der Waals surface area contributed by atoms with Crippen LogP contribution in [0.25, 0.3) is 186 Å². The first-order valence-corrected chi connectivity index (χ1v) is 43.1. The third-order valence-corrected chi connectivity index (χ3v) is 28.1. The zero-order valence-corrected chi connectivity index (χ0v) is 69.1. The maximum atomic E-state index is 6.22. The number of hydrogen-bond donors (Lipinski definition) is 0. The van der Waals surface area contributed by atoms with Gasteiger partial charge in [-0.05, 0) is 271 Å². The maximum Gasteiger partial charge on any atom is 0.494 e. The molecule has 6 nitrogen and oxygen atoms in total. The monoisotopic (exact) mass is 1580 g/mol. The van der Waals surface area contributed by atoms with E-state index in [0.717, 1.165) is 71.6 Å². The van der Waals surface area contributed by atoms with Gasteiger partial charge < -0.3 is 9.31 Å². The highest BCUT2D eigenvalue weighted by molar-refractivity contribution is 6.62. The lowest BCUT2D eigenvalue weighted by Crippen LogP contribution is -2.41. The van der Waals surface area contributed by atoms with Gasteiger partial charge in [-0.3, -0.25) is 9.97 Å². The first kappa shape index (κ1) is 72.0. The first-order chi connectivity index (χ1) is 60.9. The molecule has 1 aliphatic heterocycles. The van der Waals surface area contributed by atoms with Crippen molar-refractivity contribution in [2.24, 2.45) is 0 Å². The second-order valence-corrected chi connectivity index (χ2v) is 35.2. The molecule has 1 fully saturated rings. The van der Waals surface area contributed by atoms with Gasteiger partial charge >= 0.3 is 7.12 Å². The average molecular weight is 1580 g/mol. The molecule has 22 aromatic rings. The van der Waals surface area contributed by atoms with Crippen LogP contribution < -0.4 is 5.46 Å². The predicted octanol–water partition coefficient (Wildman–Crippen LogP) is 28.5. The molecule has 0 unspecified atom stereocenters. The van der Waals surface area contributed by atoms with E-state index in [0.29, 0.717) is 0 Å². The van der Waals surface area contributed by atoms with Crippen LogP contribution in [0.5, 0.6) is 0 Å². The van der Waals surface area contributed by atoms with Gasteiger partial charge in [0.25, 0.3) is 0 Å². The van der Waals surface area contributed by atoms with E-state index in [9.17, 15) is 0 Å². The molecule has 0 N–H and O–H groups in total. The first-order valence-electron chi connectivity index (χ1n) is 43.1. The lowest BCUT2D eigenvalue weighted by molar-refractivity contribution is 0.00578. The lowest BCUT2D eigenvalue weighted by Gasteiger charge is -2.32. The number of benzene rings is 18. The Morgan fingerprint density at radius 2 is 0.556 bits per heavy atom. The van der Waals surface area contributed by atoms with Crippen molar-refractivity contribution in [1.29, 1.82) is 0 Å². The fraction of sp³-hybridized carbons (Fsp3) is 0.0769. The summed E-state index contributed by atoms with van der Waals surface area (Å²) in [5.74, 6) is 0. The fourth-order valence-electron chi connectivity index (χ4n) is 21.8. The third-order valence-electron chi connectivity index (χ3n) is 28.1. The zero-order chi connectivity index (χ0) is 82.5. The molecule has 582 valence electrons. The van der Waals surface area contributed by atoms with Crippen LogP contribution in [0.3, 0.4) is 0 Å². The Hall–Kier alpha value is -14.9. The molecule has 18 aromatic carbocycles. The summed E-state index contributed by atoms with van der Waals surface area (Å²) in [6, 6.07) is 138. The molecule has 0 radical (unpaired) electrons. The van der Waals surface area contributed by atoms with E-state index in [2.05, 4.69) is 391 Å². The smallest absolute Gasteiger partial charge is 0.399 e. The SMILES string of the molecule is CC1(C)OB(c2cccc(-c3ccc4ccc5cccnc5c4n3)c2)OC1(C)C.Cc1ccc2c(c1)c1ccccc1c1cc3c(cc21)C1(c2ccccc2-c2ccccc21)c1ccccc1-3.c1cc(-c2ccc3c(c2)c2ccccc2c2cc4c(cc32)C2(c3ccccc3-c3ccccc32)c2ccccc2-4)cc(-c2ccc3ccc4cccnc4c3n2)c1. The van der Waals surface area contributed by atoms with Crippen molar-refractivity contribution in [3.8, 4) is 78.1 Å². The van der Waals surface area contributed by atoms with Crippen LogP contribution in [0.15, 0.2) is 389 Å². The Labute approximate surface area is 718 Å². The van der Waals surface area contributed by atoms with Crippen molar-refractivity contribution in [2.75, 3.05) is 0 Å². The summed E-state index contributed by atoms with van der Waals surface area (Å²) in [4.78, 5) is 19.4. The third kappa shape index (κ3) is 10.4. The van der Waals surface area contributed by atoms with E-state index in [1.165, 1.54) is 170 Å². The van der Waals surface area contributed by atoms with E-state index in [1.54, 1.807) is 0 Å². The summed E-state index contributed by atoms with van der Waals surface area (Å²) in [6.45, 7) is 10.5. The fourth-order valence-corrected chi connectivity index (χ4v) is 21.8. The van der Waals surface area contributed by atoms with Crippen molar-refractivity contribution in [3.63, 3.8) is 0 Å². The van der Waals surface area contributed by atoms with E-state index in [-0.39, 0.29) is 29.2 Å². The van der Waals surface area contributed by atoms with Crippen molar-refractivity contribution in [1.82, 2.24) is 19.9 Å². The summed E-state index contributed by atoms with van der Waals surface area (Å²) in [6.07, 6.45) is 3.66. The number of aromatic nitrogens is 4. The Bertz CT molecular complexity index is 8280. The number of rotatable bonds is 4. The largest absolute Gasteiger partial charge is 0.494 e. The molecule has 124 heavy (non-hydrogen) atoms. The molecular weight excluding hydrogens is 1500 g/mol. The molecule has 4 aromatic heterocycles. The second-order valence-electron chi connectivity index (χ2n) is 35.2. The molecule has 0 amide bonds. The van der Waals surface area contributed by atoms with Crippen LogP contribution in [0, 0.1) is 6.92 Å². The van der Waals surface area contributed by atoms with Gasteiger partial charge in [0, 0.05) is 39.5 Å². The highest BCUT2D eigenvalue weighted by atomic mass is 16.7. The number of nitrogens with zero attached hydrogens (tertiary/aromatic N) is 4. The van der Waals surface area contributed by atoms with Gasteiger partial charge in [0.2, 0.25) is 0 Å². The van der Waals surface area contributed by atoms with E-state index < -0.39 is 0 Å². The number of pyridine rings is 4. The Morgan fingerprint density at radius 3 is 1.00 bits per heavy atom. The van der Waals surface area contributed by atoms with Crippen LogP contribution in [0.4, 0.5) is 0 Å². The molecule has 7 heteroatoms. The molecule has 2 spiro atoms. The standard InChI is InChI=1S/C55H32N2.C38H24.C24H23BN2O2/c1-2-15-39-38(14-1)44-30-36(35-11-9-12-37(29-35)52-27-25-34-23-22-33-13-10-28-56-53(33)54(34)57-52)24-26-40(44)46-32-51-47(31-45(39)46)43-18-5-8-21-50(43)55(51)48-19-6-3-16-41(48)42-17-4-7-20-49(42)55;1-23-18-19-26-30(20-23)24-10-2-3-11-25(24)31-21-33-29-14-6-9-17-36(29)38(37(33)22-32(26)31)34-15-7-4-12-27(34)28-13-5-8-16-35(28)38;1-23(2)24(3,4)29-25(28-23)19-9-5-7-18(15-19)20-13-12-17-11-10-16-8-6-14-26-21(16)22(17)27-20/h1-32H;2-22H,1H3;5-15H,1-4H3. The van der Waals surface area contributed by atoms with Crippen LogP contribution in [-0.2, 0) is 20.1 Å². The van der Waals surface area contributed by atoms with Gasteiger partial charge in [0.1, 0.15) is 0 Å². The van der Waals surface area contributed by atoms with Gasteiger partial charge in [0.05, 0.1) is 55.5 Å². The zero-order valence-electron chi connectivity index (χ0n) is 69.1. The molecule has 4 aliphatic carbocycles. The highest BCUT2D eigenvalue weighted by Gasteiger charge is 2.55. The summed E-state index contributed by atoms with van der Waals surface area (Å²) in [5.41, 5.74) is 32.7. The van der Waals surface area contributed by atoms with Gasteiger partial charge in [-0.25, -0.2) is 9.97 Å². The summed E-state index contributed by atoms with van der Waals surface area (Å²) >= 11 is 0. The normalized spacial score (nSPS) is 14.7. The van der Waals surface area contributed by atoms with Gasteiger partial charge in [-0.2, -0.15) is 0 Å². The quantitative estimate of drug-likeness (QED) is 0.129. The second kappa shape index (κ2) is 27.1. The van der Waals surface area contributed by atoms with Crippen LogP contribution in [0.1, 0.15) is 77.8 Å². The molecule has 5 heterocycles. The molecule has 0 bridgehead atoms. The summed E-state index contributed by atoms with van der Waals surface area (Å²) in [7, 11) is -0.386. The Balaban J connectivity index is 0.000000109. The molecule has 0 saturated carbocycles. The van der Waals surface area contributed by atoms with Crippen molar-refractivity contribution in [3.05, 3.63) is 439 Å². The van der Waals surface area contributed by atoms with Crippen molar-refractivity contribution < 1.29 is 9.31 Å².